The van der Waals surface area contributed by atoms with E-state index >= 15 is 0 Å². The molecule has 0 atom stereocenters. The summed E-state index contributed by atoms with van der Waals surface area (Å²) in [6, 6.07) is 6.61. The molecule has 0 saturated heterocycles. The van der Waals surface area contributed by atoms with Gasteiger partial charge in [-0.1, -0.05) is 0 Å². The molecule has 1 aromatic carbocycles. The Labute approximate surface area is 97.3 Å². The van der Waals surface area contributed by atoms with Crippen LogP contribution in [0.1, 0.15) is 5.69 Å². The Bertz CT molecular complexity index is 555. The molecule has 5 heteroatoms. The van der Waals surface area contributed by atoms with Crippen molar-refractivity contribution in [2.45, 2.75) is 6.92 Å². The zero-order chi connectivity index (χ0) is 12.4. The quantitative estimate of drug-likeness (QED) is 0.841. The molecule has 17 heavy (non-hydrogen) atoms. The maximum atomic E-state index is 13.4. The molecule has 1 aromatic heterocycles. The number of benzene rings is 1. The molecule has 2 aromatic rings. The number of halogens is 2. The average molecular weight is 235 g/mol. The SMILES string of the molecule is Cc1nc(Nc2ccc(F)cc2F)ccc1N. The van der Waals surface area contributed by atoms with Crippen LogP contribution in [0.25, 0.3) is 0 Å². The third-order valence-corrected chi connectivity index (χ3v) is 2.32. The maximum absolute atomic E-state index is 13.4. The van der Waals surface area contributed by atoms with Crippen LogP contribution in [0.2, 0.25) is 0 Å². The van der Waals surface area contributed by atoms with Crippen molar-refractivity contribution in [3.63, 3.8) is 0 Å². The molecule has 3 nitrogen and oxygen atoms in total. The zero-order valence-corrected chi connectivity index (χ0v) is 9.17. The molecule has 0 radical (unpaired) electrons. The topological polar surface area (TPSA) is 50.9 Å². The second-order valence-electron chi connectivity index (χ2n) is 3.62. The highest BCUT2D eigenvalue weighted by molar-refractivity contribution is 5.59. The molecule has 88 valence electrons. The van der Waals surface area contributed by atoms with Crippen LogP contribution in [0.3, 0.4) is 0 Å². The Morgan fingerprint density at radius 2 is 1.94 bits per heavy atom. The van der Waals surface area contributed by atoms with Crippen LogP contribution in [0.5, 0.6) is 0 Å². The molecule has 0 aliphatic carbocycles. The first-order chi connectivity index (χ1) is 8.06. The number of rotatable bonds is 2. The van der Waals surface area contributed by atoms with E-state index in [2.05, 4.69) is 10.3 Å². The zero-order valence-electron chi connectivity index (χ0n) is 9.17. The van der Waals surface area contributed by atoms with Crippen molar-refractivity contribution < 1.29 is 8.78 Å². The lowest BCUT2D eigenvalue weighted by Crippen LogP contribution is -2.00. The Morgan fingerprint density at radius 1 is 1.18 bits per heavy atom. The number of aromatic nitrogens is 1. The highest BCUT2D eigenvalue weighted by Gasteiger charge is 2.05. The molecule has 0 fully saturated rings. The Hall–Kier alpha value is -2.17. The first-order valence-electron chi connectivity index (χ1n) is 5.01. The first kappa shape index (κ1) is 11.3. The van der Waals surface area contributed by atoms with E-state index in [-0.39, 0.29) is 5.69 Å². The van der Waals surface area contributed by atoms with Crippen LogP contribution in [-0.2, 0) is 0 Å². The van der Waals surface area contributed by atoms with Gasteiger partial charge in [-0.2, -0.15) is 0 Å². The fourth-order valence-electron chi connectivity index (χ4n) is 1.37. The predicted octanol–water partition coefficient (Wildman–Crippen LogP) is 2.99. The lowest BCUT2D eigenvalue weighted by atomic mass is 10.3. The van der Waals surface area contributed by atoms with Crippen LogP contribution < -0.4 is 11.1 Å². The highest BCUT2D eigenvalue weighted by atomic mass is 19.1. The molecule has 0 amide bonds. The minimum Gasteiger partial charge on any atom is -0.397 e. The van der Waals surface area contributed by atoms with Crippen molar-refractivity contribution in [2.75, 3.05) is 11.1 Å². The Balaban J connectivity index is 2.28. The summed E-state index contributed by atoms with van der Waals surface area (Å²) in [7, 11) is 0. The highest BCUT2D eigenvalue weighted by Crippen LogP contribution is 2.20. The van der Waals surface area contributed by atoms with Gasteiger partial charge in [-0.05, 0) is 31.2 Å². The average Bonchev–Trinajstić information content (AvgIpc) is 2.27. The molecule has 2 rings (SSSR count). The van der Waals surface area contributed by atoms with Gasteiger partial charge < -0.3 is 11.1 Å². The van der Waals surface area contributed by atoms with Crippen molar-refractivity contribution in [1.29, 1.82) is 0 Å². The van der Waals surface area contributed by atoms with Crippen LogP contribution in [-0.4, -0.2) is 4.98 Å². The van der Waals surface area contributed by atoms with E-state index in [1.54, 1.807) is 19.1 Å². The molecular weight excluding hydrogens is 224 g/mol. The van der Waals surface area contributed by atoms with Gasteiger partial charge in [0.05, 0.1) is 17.1 Å². The van der Waals surface area contributed by atoms with Gasteiger partial charge in [0.1, 0.15) is 17.5 Å². The molecule has 1 heterocycles. The van der Waals surface area contributed by atoms with Gasteiger partial charge in [0.2, 0.25) is 0 Å². The summed E-state index contributed by atoms with van der Waals surface area (Å²) in [5.74, 6) is -0.821. The summed E-state index contributed by atoms with van der Waals surface area (Å²) >= 11 is 0. The van der Waals surface area contributed by atoms with Gasteiger partial charge in [-0.25, -0.2) is 13.8 Å². The summed E-state index contributed by atoms with van der Waals surface area (Å²) < 4.78 is 26.1. The van der Waals surface area contributed by atoms with Crippen LogP contribution in [0, 0.1) is 18.6 Å². The predicted molar refractivity (Wildman–Crippen MR) is 63.0 cm³/mol. The number of nitrogens with zero attached hydrogens (tertiary/aromatic N) is 1. The molecule has 0 unspecified atom stereocenters. The maximum Gasteiger partial charge on any atom is 0.149 e. The lowest BCUT2D eigenvalue weighted by Gasteiger charge is -2.08. The number of anilines is 3. The molecule has 0 bridgehead atoms. The summed E-state index contributed by atoms with van der Waals surface area (Å²) in [5, 5.41) is 2.76. The van der Waals surface area contributed by atoms with Crippen molar-refractivity contribution in [2.24, 2.45) is 0 Å². The van der Waals surface area contributed by atoms with Gasteiger partial charge in [0, 0.05) is 6.07 Å². The smallest absolute Gasteiger partial charge is 0.149 e. The Kier molecular flexibility index (Phi) is 2.91. The summed E-state index contributed by atoms with van der Waals surface area (Å²) in [5.41, 5.74) is 7.00. The third-order valence-electron chi connectivity index (χ3n) is 2.32. The van der Waals surface area contributed by atoms with Crippen molar-refractivity contribution in [1.82, 2.24) is 4.98 Å². The van der Waals surface area contributed by atoms with Gasteiger partial charge in [0.25, 0.3) is 0 Å². The number of nitrogens with two attached hydrogens (primary N) is 1. The minimum absolute atomic E-state index is 0.170. The number of nitrogen functional groups attached to an aromatic ring is 1. The second-order valence-corrected chi connectivity index (χ2v) is 3.62. The van der Waals surface area contributed by atoms with E-state index in [1.165, 1.54) is 12.1 Å². The summed E-state index contributed by atoms with van der Waals surface area (Å²) in [4.78, 5) is 4.14. The van der Waals surface area contributed by atoms with Gasteiger partial charge in [-0.3, -0.25) is 0 Å². The van der Waals surface area contributed by atoms with Gasteiger partial charge >= 0.3 is 0 Å². The number of aryl methyl sites for hydroxylation is 1. The number of hydrogen-bond acceptors (Lipinski definition) is 3. The van der Waals surface area contributed by atoms with Crippen LogP contribution in [0.15, 0.2) is 30.3 Å². The lowest BCUT2D eigenvalue weighted by molar-refractivity contribution is 0.586. The number of nitrogens with one attached hydrogen (secondary N) is 1. The van der Waals surface area contributed by atoms with Crippen molar-refractivity contribution in [3.8, 4) is 0 Å². The third kappa shape index (κ3) is 2.50. The van der Waals surface area contributed by atoms with E-state index in [9.17, 15) is 8.78 Å². The standard InChI is InChI=1S/C12H11F2N3/c1-7-10(15)3-5-12(16-7)17-11-4-2-8(13)6-9(11)14/h2-6H,15H2,1H3,(H,16,17). The molecule has 0 aliphatic rings. The van der Waals surface area contributed by atoms with E-state index in [4.69, 9.17) is 5.73 Å². The second kappa shape index (κ2) is 4.37. The van der Waals surface area contributed by atoms with Crippen molar-refractivity contribution >= 4 is 17.2 Å². The van der Waals surface area contributed by atoms with Crippen LogP contribution >= 0.6 is 0 Å². The fraction of sp³-hybridized carbons (Fsp3) is 0.0833. The largest absolute Gasteiger partial charge is 0.397 e. The van der Waals surface area contributed by atoms with Gasteiger partial charge in [0.15, 0.2) is 0 Å². The fourth-order valence-corrected chi connectivity index (χ4v) is 1.37. The first-order valence-corrected chi connectivity index (χ1v) is 5.01. The minimum atomic E-state index is -0.665. The molecular formula is C12H11F2N3. The van der Waals surface area contributed by atoms with E-state index in [1.807, 2.05) is 0 Å². The molecule has 0 spiro atoms. The summed E-state index contributed by atoms with van der Waals surface area (Å²) in [6.45, 7) is 1.75. The normalized spacial score (nSPS) is 10.3. The van der Waals surface area contributed by atoms with Crippen molar-refractivity contribution in [3.05, 3.63) is 47.7 Å². The number of hydrogen-bond donors (Lipinski definition) is 2. The van der Waals surface area contributed by atoms with Crippen LogP contribution in [0.4, 0.5) is 26.0 Å². The molecule has 0 aliphatic heterocycles. The molecule has 3 N–H and O–H groups in total. The summed E-state index contributed by atoms with van der Waals surface area (Å²) in [6.07, 6.45) is 0. The number of pyridine rings is 1. The van der Waals surface area contributed by atoms with E-state index in [0.717, 1.165) is 6.07 Å². The van der Waals surface area contributed by atoms with E-state index in [0.29, 0.717) is 17.2 Å². The molecule has 0 saturated carbocycles. The van der Waals surface area contributed by atoms with E-state index < -0.39 is 11.6 Å². The monoisotopic (exact) mass is 235 g/mol. The Morgan fingerprint density at radius 3 is 2.59 bits per heavy atom. The van der Waals surface area contributed by atoms with Gasteiger partial charge in [-0.15, -0.1) is 0 Å².